The first-order chi connectivity index (χ1) is 10.0. The van der Waals surface area contributed by atoms with Crippen LogP contribution in [0.3, 0.4) is 0 Å². The highest BCUT2D eigenvalue weighted by Crippen LogP contribution is 2.47. The van der Waals surface area contributed by atoms with Crippen LogP contribution >= 0.6 is 0 Å². The van der Waals surface area contributed by atoms with Crippen LogP contribution in [0, 0.1) is 25.7 Å². The summed E-state index contributed by atoms with van der Waals surface area (Å²) >= 11 is 0. The average molecular weight is 284 g/mol. The van der Waals surface area contributed by atoms with Gasteiger partial charge in [0.2, 0.25) is 0 Å². The number of ketones is 1. The molecule has 2 heteroatoms. The van der Waals surface area contributed by atoms with Gasteiger partial charge in [-0.05, 0) is 49.8 Å². The smallest absolute Gasteiger partial charge is 0.170 e. The summed E-state index contributed by atoms with van der Waals surface area (Å²) in [4.78, 5) is 12.8. The Morgan fingerprint density at radius 2 is 1.81 bits per heavy atom. The van der Waals surface area contributed by atoms with Gasteiger partial charge in [-0.3, -0.25) is 4.79 Å². The number of aliphatic hydroxyl groups is 1. The van der Waals surface area contributed by atoms with Gasteiger partial charge in [-0.15, -0.1) is 0 Å². The summed E-state index contributed by atoms with van der Waals surface area (Å²) in [6.07, 6.45) is 5.01. The van der Waals surface area contributed by atoms with Gasteiger partial charge in [-0.25, -0.2) is 0 Å². The van der Waals surface area contributed by atoms with E-state index in [1.807, 2.05) is 0 Å². The summed E-state index contributed by atoms with van der Waals surface area (Å²) in [5, 5.41) is 10.7. The second-order valence-corrected chi connectivity index (χ2v) is 6.59. The molecule has 112 valence electrons. The fraction of sp³-hybridized carbons (Fsp3) is 0.526. The van der Waals surface area contributed by atoms with Gasteiger partial charge in [0.25, 0.3) is 0 Å². The Morgan fingerprint density at radius 1 is 1.14 bits per heavy atom. The van der Waals surface area contributed by atoms with Crippen molar-refractivity contribution in [3.05, 3.63) is 40.1 Å². The Kier molecular flexibility index (Phi) is 3.64. The zero-order valence-corrected chi connectivity index (χ0v) is 13.2. The third-order valence-electron chi connectivity index (χ3n) is 5.15. The second-order valence-electron chi connectivity index (χ2n) is 6.59. The lowest BCUT2D eigenvalue weighted by molar-refractivity contribution is -0.118. The van der Waals surface area contributed by atoms with Crippen molar-refractivity contribution in [3.8, 4) is 0 Å². The molecule has 2 nitrogen and oxygen atoms in total. The van der Waals surface area contributed by atoms with E-state index in [4.69, 9.17) is 0 Å². The van der Waals surface area contributed by atoms with Crippen molar-refractivity contribution in [2.45, 2.75) is 52.9 Å². The Hall–Kier alpha value is -1.57. The molecule has 2 aliphatic carbocycles. The highest BCUT2D eigenvalue weighted by Gasteiger charge is 2.44. The van der Waals surface area contributed by atoms with Crippen molar-refractivity contribution in [1.82, 2.24) is 0 Å². The number of rotatable bonds is 2. The van der Waals surface area contributed by atoms with Crippen molar-refractivity contribution in [2.75, 3.05) is 0 Å². The lowest BCUT2D eigenvalue weighted by atomic mass is 9.80. The number of Topliss-reactive ketones (excluding diaryl/α,β-unsaturated/α-hetero) is 1. The lowest BCUT2D eigenvalue weighted by Gasteiger charge is -2.23. The van der Waals surface area contributed by atoms with E-state index < -0.39 is 0 Å². The van der Waals surface area contributed by atoms with Crippen LogP contribution in [0.5, 0.6) is 0 Å². The van der Waals surface area contributed by atoms with E-state index in [2.05, 4.69) is 32.9 Å². The SMILES string of the molecule is CCc1cc(C)cc(C)c1C1=C(O)C2CCCCC2C1=O. The van der Waals surface area contributed by atoms with E-state index in [1.54, 1.807) is 0 Å². The van der Waals surface area contributed by atoms with Crippen LogP contribution in [0.25, 0.3) is 5.57 Å². The maximum absolute atomic E-state index is 12.8. The van der Waals surface area contributed by atoms with Gasteiger partial charge in [0.1, 0.15) is 5.76 Å². The van der Waals surface area contributed by atoms with E-state index in [1.165, 1.54) is 11.1 Å². The van der Waals surface area contributed by atoms with Gasteiger partial charge in [0.15, 0.2) is 5.78 Å². The molecule has 1 aromatic carbocycles. The van der Waals surface area contributed by atoms with Crippen LogP contribution in [0.1, 0.15) is 54.9 Å². The number of hydrogen-bond donors (Lipinski definition) is 1. The maximum Gasteiger partial charge on any atom is 0.170 e. The van der Waals surface area contributed by atoms with E-state index in [0.717, 1.165) is 43.2 Å². The summed E-state index contributed by atoms with van der Waals surface area (Å²) in [6.45, 7) is 6.25. The topological polar surface area (TPSA) is 37.3 Å². The first kappa shape index (κ1) is 14.4. The van der Waals surface area contributed by atoms with Crippen molar-refractivity contribution < 1.29 is 9.90 Å². The summed E-state index contributed by atoms with van der Waals surface area (Å²) < 4.78 is 0. The predicted octanol–water partition coefficient (Wildman–Crippen LogP) is 4.52. The molecule has 0 amide bonds. The summed E-state index contributed by atoms with van der Waals surface area (Å²) in [7, 11) is 0. The molecule has 1 aromatic rings. The highest BCUT2D eigenvalue weighted by molar-refractivity contribution is 6.25. The molecule has 1 saturated carbocycles. The van der Waals surface area contributed by atoms with Crippen LogP contribution in [-0.4, -0.2) is 10.9 Å². The second kappa shape index (κ2) is 5.32. The van der Waals surface area contributed by atoms with E-state index in [0.29, 0.717) is 11.3 Å². The third-order valence-corrected chi connectivity index (χ3v) is 5.15. The van der Waals surface area contributed by atoms with Crippen LogP contribution in [0.15, 0.2) is 17.9 Å². The van der Waals surface area contributed by atoms with Crippen LogP contribution in [0.4, 0.5) is 0 Å². The monoisotopic (exact) mass is 284 g/mol. The minimum Gasteiger partial charge on any atom is -0.511 e. The Morgan fingerprint density at radius 3 is 2.43 bits per heavy atom. The largest absolute Gasteiger partial charge is 0.511 e. The average Bonchev–Trinajstić information content (AvgIpc) is 2.71. The molecular weight excluding hydrogens is 260 g/mol. The van der Waals surface area contributed by atoms with Gasteiger partial charge in [0.05, 0.1) is 5.57 Å². The van der Waals surface area contributed by atoms with Crippen LogP contribution < -0.4 is 0 Å². The lowest BCUT2D eigenvalue weighted by Crippen LogP contribution is -2.21. The van der Waals surface area contributed by atoms with E-state index >= 15 is 0 Å². The number of aliphatic hydroxyl groups excluding tert-OH is 1. The standard InChI is InChI=1S/C19H24O2/c1-4-13-10-11(2)9-12(3)16(13)17-18(20)14-7-5-6-8-15(14)19(17)21/h9-10,14-15,20H,4-8H2,1-3H3. The Balaban J connectivity index is 2.16. The summed E-state index contributed by atoms with van der Waals surface area (Å²) in [6, 6.07) is 4.27. The molecule has 2 atom stereocenters. The fourth-order valence-electron chi connectivity index (χ4n) is 4.21. The zero-order valence-electron chi connectivity index (χ0n) is 13.2. The fourth-order valence-corrected chi connectivity index (χ4v) is 4.21. The first-order valence-corrected chi connectivity index (χ1v) is 8.12. The molecule has 21 heavy (non-hydrogen) atoms. The minimum atomic E-state index is 0.0270. The summed E-state index contributed by atoms with van der Waals surface area (Å²) in [5.74, 6) is 0.649. The number of carbonyl (C=O) groups excluding carboxylic acids is 1. The number of aryl methyl sites for hydroxylation is 3. The molecule has 0 aliphatic heterocycles. The highest BCUT2D eigenvalue weighted by atomic mass is 16.3. The minimum absolute atomic E-state index is 0.0270. The van der Waals surface area contributed by atoms with Crippen LogP contribution in [0.2, 0.25) is 0 Å². The maximum atomic E-state index is 12.8. The molecule has 0 spiro atoms. The number of allylic oxidation sites excluding steroid dienone is 2. The van der Waals surface area contributed by atoms with Gasteiger partial charge in [-0.2, -0.15) is 0 Å². The molecule has 2 aliphatic rings. The molecule has 0 heterocycles. The molecule has 0 radical (unpaired) electrons. The normalized spacial score (nSPS) is 25.4. The van der Waals surface area contributed by atoms with Gasteiger partial charge < -0.3 is 5.11 Å². The van der Waals surface area contributed by atoms with E-state index in [9.17, 15) is 9.90 Å². The molecule has 1 N–H and O–H groups in total. The van der Waals surface area contributed by atoms with Crippen molar-refractivity contribution in [3.63, 3.8) is 0 Å². The molecule has 0 bridgehead atoms. The van der Waals surface area contributed by atoms with Gasteiger partial charge >= 0.3 is 0 Å². The van der Waals surface area contributed by atoms with E-state index in [-0.39, 0.29) is 17.6 Å². The number of benzene rings is 1. The number of hydrogen-bond acceptors (Lipinski definition) is 2. The first-order valence-electron chi connectivity index (χ1n) is 8.12. The molecule has 2 unspecified atom stereocenters. The van der Waals surface area contributed by atoms with Gasteiger partial charge in [0, 0.05) is 11.8 Å². The van der Waals surface area contributed by atoms with Crippen molar-refractivity contribution in [1.29, 1.82) is 0 Å². The number of fused-ring (bicyclic) bond motifs is 1. The molecule has 0 saturated heterocycles. The van der Waals surface area contributed by atoms with Gasteiger partial charge in [-0.1, -0.05) is 37.5 Å². The zero-order chi connectivity index (χ0) is 15.1. The molecule has 3 rings (SSSR count). The Bertz CT molecular complexity index is 625. The quantitative estimate of drug-likeness (QED) is 0.866. The Labute approximate surface area is 126 Å². The predicted molar refractivity (Wildman–Crippen MR) is 85.3 cm³/mol. The molecular formula is C19H24O2. The number of carbonyl (C=O) groups is 1. The van der Waals surface area contributed by atoms with Crippen molar-refractivity contribution >= 4 is 11.4 Å². The summed E-state index contributed by atoms with van der Waals surface area (Å²) in [5.41, 5.74) is 5.14. The van der Waals surface area contributed by atoms with Crippen LogP contribution in [-0.2, 0) is 11.2 Å². The molecule has 1 fully saturated rings. The third kappa shape index (κ3) is 2.21. The van der Waals surface area contributed by atoms with Crippen molar-refractivity contribution in [2.24, 2.45) is 11.8 Å². The molecule has 0 aromatic heterocycles.